The third-order valence-electron chi connectivity index (χ3n) is 2.70. The number of carbonyl (C=O) groups excluding carboxylic acids is 1. The maximum Gasteiger partial charge on any atom is 0.253 e. The predicted molar refractivity (Wildman–Crippen MR) is 74.0 cm³/mol. The number of para-hydroxylation sites is 1. The first-order valence-electron chi connectivity index (χ1n) is 5.66. The van der Waals surface area contributed by atoms with E-state index in [2.05, 4.69) is 15.6 Å². The highest BCUT2D eigenvalue weighted by Crippen LogP contribution is 2.15. The van der Waals surface area contributed by atoms with Crippen LogP contribution in [-0.2, 0) is 6.54 Å². The molecule has 0 saturated heterocycles. The van der Waals surface area contributed by atoms with Crippen LogP contribution in [0.2, 0.25) is 0 Å². The van der Waals surface area contributed by atoms with Gasteiger partial charge in [-0.05, 0) is 19.1 Å². The Morgan fingerprint density at radius 2 is 2.17 bits per heavy atom. The highest BCUT2D eigenvalue weighted by molar-refractivity contribution is 7.09. The highest BCUT2D eigenvalue weighted by atomic mass is 32.1. The zero-order valence-corrected chi connectivity index (χ0v) is 11.2. The summed E-state index contributed by atoms with van der Waals surface area (Å²) in [5.41, 5.74) is 4.25. The molecule has 0 aliphatic carbocycles. The molecule has 0 atom stereocenters. The van der Waals surface area contributed by atoms with Crippen LogP contribution in [0, 0.1) is 6.92 Å². The molecular weight excluding hydrogens is 246 g/mol. The van der Waals surface area contributed by atoms with Gasteiger partial charge in [-0.3, -0.25) is 4.79 Å². The van der Waals surface area contributed by atoms with E-state index in [-0.39, 0.29) is 5.91 Å². The van der Waals surface area contributed by atoms with Gasteiger partial charge in [0.25, 0.3) is 5.91 Å². The fourth-order valence-electron chi connectivity index (χ4n) is 1.65. The van der Waals surface area contributed by atoms with Gasteiger partial charge in [0.2, 0.25) is 0 Å². The molecule has 0 saturated carbocycles. The number of benzene rings is 1. The first-order chi connectivity index (χ1) is 8.72. The van der Waals surface area contributed by atoms with Gasteiger partial charge in [0.1, 0.15) is 0 Å². The molecule has 4 nitrogen and oxygen atoms in total. The molecule has 0 fully saturated rings. The van der Waals surface area contributed by atoms with Crippen molar-refractivity contribution in [3.8, 4) is 0 Å². The quantitative estimate of drug-likeness (QED) is 0.888. The molecule has 1 aromatic heterocycles. The average molecular weight is 261 g/mol. The van der Waals surface area contributed by atoms with Gasteiger partial charge in [-0.1, -0.05) is 12.1 Å². The first kappa shape index (κ1) is 12.6. The summed E-state index contributed by atoms with van der Waals surface area (Å²) in [4.78, 5) is 17.3. The van der Waals surface area contributed by atoms with Crippen LogP contribution in [0.5, 0.6) is 0 Å². The van der Waals surface area contributed by atoms with Gasteiger partial charge in [0, 0.05) is 17.6 Å². The van der Waals surface area contributed by atoms with E-state index in [1.54, 1.807) is 30.0 Å². The molecular formula is C13H15N3OS. The van der Waals surface area contributed by atoms with Gasteiger partial charge >= 0.3 is 0 Å². The molecule has 0 bridgehead atoms. The number of hydrogen-bond acceptors (Lipinski definition) is 4. The number of nitrogens with one attached hydrogen (secondary N) is 2. The number of amides is 1. The fourth-order valence-corrected chi connectivity index (χ4v) is 2.37. The lowest BCUT2D eigenvalue weighted by Gasteiger charge is -2.09. The molecule has 0 unspecified atom stereocenters. The van der Waals surface area contributed by atoms with Crippen LogP contribution < -0.4 is 10.6 Å². The summed E-state index contributed by atoms with van der Waals surface area (Å²) in [6.07, 6.45) is 0. The molecule has 2 aromatic rings. The molecule has 0 spiro atoms. The van der Waals surface area contributed by atoms with Crippen LogP contribution in [0.15, 0.2) is 29.8 Å². The van der Waals surface area contributed by atoms with Gasteiger partial charge in [0.05, 0.1) is 23.3 Å². The van der Waals surface area contributed by atoms with E-state index in [9.17, 15) is 4.79 Å². The summed E-state index contributed by atoms with van der Waals surface area (Å²) >= 11 is 1.56. The third kappa shape index (κ3) is 2.68. The van der Waals surface area contributed by atoms with Crippen molar-refractivity contribution >= 4 is 22.9 Å². The molecule has 18 heavy (non-hydrogen) atoms. The number of anilines is 1. The Bertz CT molecular complexity index is 551. The smallest absolute Gasteiger partial charge is 0.253 e. The summed E-state index contributed by atoms with van der Waals surface area (Å²) in [7, 11) is 1.81. The summed E-state index contributed by atoms with van der Waals surface area (Å²) in [6, 6.07) is 7.44. The van der Waals surface area contributed by atoms with Crippen LogP contribution in [0.3, 0.4) is 0 Å². The molecule has 0 aliphatic rings. The molecule has 1 amide bonds. The minimum atomic E-state index is -0.0762. The van der Waals surface area contributed by atoms with Gasteiger partial charge in [-0.2, -0.15) is 0 Å². The maximum absolute atomic E-state index is 12.1. The van der Waals surface area contributed by atoms with Crippen molar-refractivity contribution in [2.75, 3.05) is 12.4 Å². The fraction of sp³-hybridized carbons (Fsp3) is 0.231. The topological polar surface area (TPSA) is 54.0 Å². The molecule has 2 rings (SSSR count). The SMILES string of the molecule is CNc1ccccc1C(=O)NCc1scnc1C. The predicted octanol–water partition coefficient (Wildman–Crippen LogP) is 2.42. The average Bonchev–Trinajstić information content (AvgIpc) is 2.81. The second-order valence-corrected chi connectivity index (χ2v) is 4.78. The first-order valence-corrected chi connectivity index (χ1v) is 6.54. The van der Waals surface area contributed by atoms with E-state index in [1.807, 2.05) is 25.1 Å². The largest absolute Gasteiger partial charge is 0.387 e. The second-order valence-electron chi connectivity index (χ2n) is 3.84. The van der Waals surface area contributed by atoms with E-state index in [0.717, 1.165) is 16.3 Å². The van der Waals surface area contributed by atoms with Crippen molar-refractivity contribution in [3.63, 3.8) is 0 Å². The van der Waals surface area contributed by atoms with Gasteiger partial charge in [-0.15, -0.1) is 11.3 Å². The van der Waals surface area contributed by atoms with Crippen molar-refractivity contribution in [2.45, 2.75) is 13.5 Å². The molecule has 94 valence electrons. The molecule has 5 heteroatoms. The Morgan fingerprint density at radius 1 is 1.39 bits per heavy atom. The Hall–Kier alpha value is -1.88. The molecule has 2 N–H and O–H groups in total. The summed E-state index contributed by atoms with van der Waals surface area (Å²) < 4.78 is 0. The van der Waals surface area contributed by atoms with Crippen molar-refractivity contribution < 1.29 is 4.79 Å². The number of nitrogens with zero attached hydrogens (tertiary/aromatic N) is 1. The maximum atomic E-state index is 12.1. The van der Waals surface area contributed by atoms with Crippen molar-refractivity contribution in [2.24, 2.45) is 0 Å². The van der Waals surface area contributed by atoms with Crippen molar-refractivity contribution in [1.29, 1.82) is 0 Å². The lowest BCUT2D eigenvalue weighted by atomic mass is 10.1. The van der Waals surface area contributed by atoms with E-state index in [4.69, 9.17) is 0 Å². The Balaban J connectivity index is 2.06. The van der Waals surface area contributed by atoms with Crippen molar-refractivity contribution in [1.82, 2.24) is 10.3 Å². The minimum absolute atomic E-state index is 0.0762. The Labute approximate surface area is 110 Å². The van der Waals surface area contributed by atoms with E-state index < -0.39 is 0 Å². The highest BCUT2D eigenvalue weighted by Gasteiger charge is 2.10. The number of thiazole rings is 1. The van der Waals surface area contributed by atoms with E-state index in [1.165, 1.54) is 0 Å². The van der Waals surface area contributed by atoms with Crippen molar-refractivity contribution in [3.05, 3.63) is 45.9 Å². The lowest BCUT2D eigenvalue weighted by molar-refractivity contribution is 0.0952. The minimum Gasteiger partial charge on any atom is -0.387 e. The number of hydrogen-bond donors (Lipinski definition) is 2. The zero-order valence-electron chi connectivity index (χ0n) is 10.4. The number of aromatic nitrogens is 1. The monoisotopic (exact) mass is 261 g/mol. The third-order valence-corrected chi connectivity index (χ3v) is 3.63. The number of rotatable bonds is 4. The van der Waals surface area contributed by atoms with Crippen LogP contribution in [-0.4, -0.2) is 17.9 Å². The number of aryl methyl sites for hydroxylation is 1. The Morgan fingerprint density at radius 3 is 2.83 bits per heavy atom. The standard InChI is InChI=1S/C13H15N3OS/c1-9-12(18-8-16-9)7-15-13(17)10-5-3-4-6-11(10)14-2/h3-6,8,14H,7H2,1-2H3,(H,15,17). The molecule has 1 heterocycles. The van der Waals surface area contributed by atoms with E-state index >= 15 is 0 Å². The van der Waals surface area contributed by atoms with Crippen LogP contribution in [0.25, 0.3) is 0 Å². The molecule has 1 aromatic carbocycles. The normalized spacial score (nSPS) is 10.1. The van der Waals surface area contributed by atoms with Crippen LogP contribution in [0.1, 0.15) is 20.9 Å². The van der Waals surface area contributed by atoms with Gasteiger partial charge in [-0.25, -0.2) is 4.98 Å². The molecule has 0 radical (unpaired) electrons. The van der Waals surface area contributed by atoms with Crippen LogP contribution in [0.4, 0.5) is 5.69 Å². The number of carbonyl (C=O) groups is 1. The zero-order chi connectivity index (χ0) is 13.0. The summed E-state index contributed by atoms with van der Waals surface area (Å²) in [5.74, 6) is -0.0762. The molecule has 0 aliphatic heterocycles. The second kappa shape index (κ2) is 5.64. The lowest BCUT2D eigenvalue weighted by Crippen LogP contribution is -2.23. The summed E-state index contributed by atoms with van der Waals surface area (Å²) in [6.45, 7) is 2.47. The van der Waals surface area contributed by atoms with Gasteiger partial charge in [0.15, 0.2) is 0 Å². The van der Waals surface area contributed by atoms with Gasteiger partial charge < -0.3 is 10.6 Å². The summed E-state index contributed by atoms with van der Waals surface area (Å²) in [5, 5.41) is 5.92. The van der Waals surface area contributed by atoms with E-state index in [0.29, 0.717) is 12.1 Å². The van der Waals surface area contributed by atoms with Crippen LogP contribution >= 0.6 is 11.3 Å². The Kier molecular flexibility index (Phi) is 3.94.